The summed E-state index contributed by atoms with van der Waals surface area (Å²) in [6, 6.07) is 18.8. The van der Waals surface area contributed by atoms with Crippen LogP contribution in [0.3, 0.4) is 0 Å². The number of ether oxygens (including phenoxy) is 1. The minimum atomic E-state index is -0.360. The second-order valence-corrected chi connectivity index (χ2v) is 11.0. The first-order chi connectivity index (χ1) is 19.8. The van der Waals surface area contributed by atoms with Gasteiger partial charge in [-0.1, -0.05) is 26.8 Å². The van der Waals surface area contributed by atoms with Crippen LogP contribution in [0.1, 0.15) is 37.6 Å². The molecule has 208 valence electrons. The highest BCUT2D eigenvalue weighted by Gasteiger charge is 2.22. The summed E-state index contributed by atoms with van der Waals surface area (Å²) >= 11 is 0. The molecule has 6 rings (SSSR count). The van der Waals surface area contributed by atoms with Gasteiger partial charge in [-0.2, -0.15) is 10.2 Å². The molecule has 0 radical (unpaired) electrons. The van der Waals surface area contributed by atoms with Crippen LogP contribution in [0.2, 0.25) is 0 Å². The van der Waals surface area contributed by atoms with Crippen LogP contribution in [-0.4, -0.2) is 37.5 Å². The molecule has 0 saturated carbocycles. The molecule has 0 bridgehead atoms. The first-order valence-electron chi connectivity index (χ1n) is 13.6. The summed E-state index contributed by atoms with van der Waals surface area (Å²) in [6.45, 7) is 8.14. The molecular weight excluding hydrogens is 516 g/mol. The number of pyridine rings is 1. The number of urea groups is 1. The lowest BCUT2D eigenvalue weighted by atomic mass is 9.92. The number of aromatic nitrogens is 5. The molecule has 4 heterocycles. The number of hydrogen-bond donors (Lipinski definition) is 4. The van der Waals surface area contributed by atoms with Gasteiger partial charge in [0.25, 0.3) is 0 Å². The highest BCUT2D eigenvalue weighted by Crippen LogP contribution is 2.29. The molecule has 10 heteroatoms. The number of carbonyl (C=O) groups excluding carboxylic acids is 1. The SMILES string of the molecule is CC(C)(C)c1cc(NC(=O)Nc2ccc(Oc3ccnc(-c4cn[nH]c4)c3)cc2)n(-c2ccc3c(c2)CCNC3)n1. The number of rotatable bonds is 6. The van der Waals surface area contributed by atoms with Crippen LogP contribution in [0.25, 0.3) is 16.9 Å². The standard InChI is InChI=1S/C31H32N8O2/c1-31(2,3)28-16-29(39(38-28)24-7-4-21-17-32-12-10-20(21)14-24)37-30(40)36-23-5-8-25(9-6-23)41-26-11-13-33-27(15-26)22-18-34-35-19-22/h4-9,11,13-16,18-19,32H,10,12,17H2,1-3H3,(H,34,35)(H2,36,37,40). The summed E-state index contributed by atoms with van der Waals surface area (Å²) in [7, 11) is 0. The van der Waals surface area contributed by atoms with Crippen LogP contribution >= 0.6 is 0 Å². The summed E-state index contributed by atoms with van der Waals surface area (Å²) in [5.41, 5.74) is 6.49. The first kappa shape index (κ1) is 26.3. The van der Waals surface area contributed by atoms with Gasteiger partial charge in [-0.05, 0) is 66.6 Å². The van der Waals surface area contributed by atoms with Crippen molar-refractivity contribution in [1.82, 2.24) is 30.3 Å². The van der Waals surface area contributed by atoms with E-state index in [0.29, 0.717) is 23.0 Å². The summed E-state index contributed by atoms with van der Waals surface area (Å²) in [6.07, 6.45) is 6.14. The van der Waals surface area contributed by atoms with Crippen LogP contribution in [0.4, 0.5) is 16.3 Å². The molecule has 0 saturated heterocycles. The molecule has 5 aromatic rings. The predicted molar refractivity (Wildman–Crippen MR) is 159 cm³/mol. The zero-order chi connectivity index (χ0) is 28.4. The van der Waals surface area contributed by atoms with Gasteiger partial charge in [0.2, 0.25) is 0 Å². The van der Waals surface area contributed by atoms with Gasteiger partial charge >= 0.3 is 6.03 Å². The van der Waals surface area contributed by atoms with E-state index < -0.39 is 0 Å². The maximum atomic E-state index is 13.1. The Balaban J connectivity index is 1.16. The van der Waals surface area contributed by atoms with E-state index in [-0.39, 0.29) is 11.4 Å². The third-order valence-corrected chi connectivity index (χ3v) is 6.91. The number of benzene rings is 2. The van der Waals surface area contributed by atoms with Crippen LogP contribution in [0.5, 0.6) is 11.5 Å². The number of amides is 2. The van der Waals surface area contributed by atoms with Gasteiger partial charge in [0.05, 0.1) is 23.3 Å². The van der Waals surface area contributed by atoms with Crippen LogP contribution in [-0.2, 0) is 18.4 Å². The van der Waals surface area contributed by atoms with Gasteiger partial charge in [0.1, 0.15) is 17.3 Å². The monoisotopic (exact) mass is 548 g/mol. The molecule has 10 nitrogen and oxygen atoms in total. The van der Waals surface area contributed by atoms with Crippen molar-refractivity contribution in [2.45, 2.75) is 39.2 Å². The lowest BCUT2D eigenvalue weighted by molar-refractivity contribution is 0.262. The largest absolute Gasteiger partial charge is 0.457 e. The zero-order valence-electron chi connectivity index (χ0n) is 23.2. The Labute approximate surface area is 238 Å². The van der Waals surface area contributed by atoms with E-state index in [0.717, 1.165) is 42.1 Å². The Bertz CT molecular complexity index is 1670. The van der Waals surface area contributed by atoms with E-state index in [4.69, 9.17) is 9.84 Å². The molecule has 3 aromatic heterocycles. The average molecular weight is 549 g/mol. The molecule has 0 aliphatic carbocycles. The summed E-state index contributed by atoms with van der Waals surface area (Å²) < 4.78 is 7.81. The zero-order valence-corrected chi connectivity index (χ0v) is 23.2. The number of H-pyrrole nitrogens is 1. The number of nitrogens with one attached hydrogen (secondary N) is 4. The Morgan fingerprint density at radius 3 is 2.61 bits per heavy atom. The Hall–Kier alpha value is -4.96. The Kier molecular flexibility index (Phi) is 6.98. The van der Waals surface area contributed by atoms with E-state index >= 15 is 0 Å². The van der Waals surface area contributed by atoms with Crippen LogP contribution in [0.15, 0.2) is 79.3 Å². The van der Waals surface area contributed by atoms with E-state index in [1.165, 1.54) is 11.1 Å². The van der Waals surface area contributed by atoms with Gasteiger partial charge in [-0.3, -0.25) is 15.4 Å². The fraction of sp³-hybridized carbons (Fsp3) is 0.226. The van der Waals surface area contributed by atoms with Crippen LogP contribution < -0.4 is 20.7 Å². The number of aromatic amines is 1. The molecule has 1 aliphatic rings. The fourth-order valence-corrected chi connectivity index (χ4v) is 4.67. The maximum absolute atomic E-state index is 13.1. The van der Waals surface area contributed by atoms with E-state index in [1.54, 1.807) is 48.9 Å². The minimum Gasteiger partial charge on any atom is -0.457 e. The smallest absolute Gasteiger partial charge is 0.324 e. The molecule has 2 aromatic carbocycles. The summed E-state index contributed by atoms with van der Waals surface area (Å²) in [5.74, 6) is 1.89. The highest BCUT2D eigenvalue weighted by molar-refractivity contribution is 5.99. The second kappa shape index (κ2) is 10.9. The Morgan fingerprint density at radius 1 is 0.976 bits per heavy atom. The van der Waals surface area contributed by atoms with E-state index in [2.05, 4.69) is 64.0 Å². The number of anilines is 2. The van der Waals surface area contributed by atoms with Crippen molar-refractivity contribution >= 4 is 17.5 Å². The molecule has 1 aliphatic heterocycles. The topological polar surface area (TPSA) is 122 Å². The van der Waals surface area contributed by atoms with Gasteiger partial charge in [0.15, 0.2) is 0 Å². The summed E-state index contributed by atoms with van der Waals surface area (Å²) in [5, 5.41) is 20.9. The molecule has 4 N–H and O–H groups in total. The normalized spacial score (nSPS) is 13.0. The average Bonchev–Trinajstić information content (AvgIpc) is 3.65. The van der Waals surface area contributed by atoms with E-state index in [9.17, 15) is 4.79 Å². The van der Waals surface area contributed by atoms with Crippen molar-refractivity contribution in [3.63, 3.8) is 0 Å². The number of carbonyl (C=O) groups is 1. The quantitative estimate of drug-likeness (QED) is 0.205. The third kappa shape index (κ3) is 5.97. The lowest BCUT2D eigenvalue weighted by Crippen LogP contribution is -2.24. The second-order valence-electron chi connectivity index (χ2n) is 11.0. The molecule has 0 spiro atoms. The third-order valence-electron chi connectivity index (χ3n) is 6.91. The van der Waals surface area contributed by atoms with E-state index in [1.807, 2.05) is 22.9 Å². The maximum Gasteiger partial charge on any atom is 0.324 e. The summed E-state index contributed by atoms with van der Waals surface area (Å²) in [4.78, 5) is 17.4. The molecular formula is C31H32N8O2. The first-order valence-corrected chi connectivity index (χ1v) is 13.6. The van der Waals surface area contributed by atoms with Crippen LogP contribution in [0, 0.1) is 0 Å². The fourth-order valence-electron chi connectivity index (χ4n) is 4.67. The molecule has 0 unspecified atom stereocenters. The van der Waals surface area contributed by atoms with Gasteiger partial charge in [0, 0.05) is 47.7 Å². The number of nitrogens with zero attached hydrogens (tertiary/aromatic N) is 4. The molecule has 2 amide bonds. The van der Waals surface area contributed by atoms with Gasteiger partial charge in [-0.15, -0.1) is 0 Å². The Morgan fingerprint density at radius 2 is 1.83 bits per heavy atom. The molecule has 0 atom stereocenters. The molecule has 41 heavy (non-hydrogen) atoms. The highest BCUT2D eigenvalue weighted by atomic mass is 16.5. The number of hydrogen-bond acceptors (Lipinski definition) is 6. The van der Waals surface area contributed by atoms with Crippen molar-refractivity contribution in [3.05, 3.63) is 96.1 Å². The minimum absolute atomic E-state index is 0.180. The molecule has 0 fully saturated rings. The van der Waals surface area contributed by atoms with Crippen molar-refractivity contribution in [2.75, 3.05) is 17.2 Å². The number of fused-ring (bicyclic) bond motifs is 1. The van der Waals surface area contributed by atoms with Crippen molar-refractivity contribution in [2.24, 2.45) is 0 Å². The van der Waals surface area contributed by atoms with Crippen molar-refractivity contribution in [1.29, 1.82) is 0 Å². The van der Waals surface area contributed by atoms with Gasteiger partial charge in [-0.25, -0.2) is 9.48 Å². The lowest BCUT2D eigenvalue weighted by Gasteiger charge is -2.18. The predicted octanol–water partition coefficient (Wildman–Crippen LogP) is 6.04. The van der Waals surface area contributed by atoms with Crippen molar-refractivity contribution in [3.8, 4) is 28.4 Å². The van der Waals surface area contributed by atoms with Gasteiger partial charge < -0.3 is 15.4 Å². The van der Waals surface area contributed by atoms with Crippen molar-refractivity contribution < 1.29 is 9.53 Å².